The number of aromatic amines is 1. The van der Waals surface area contributed by atoms with Crippen molar-refractivity contribution in [1.29, 1.82) is 0 Å². The second kappa shape index (κ2) is 8.00. The Morgan fingerprint density at radius 3 is 3.08 bits per heavy atom. The number of aromatic nitrogens is 2. The Bertz CT molecular complexity index is 705. The Labute approximate surface area is 146 Å². The van der Waals surface area contributed by atoms with E-state index in [0.29, 0.717) is 18.7 Å². The van der Waals surface area contributed by atoms with Crippen molar-refractivity contribution in [2.75, 3.05) is 13.2 Å². The van der Waals surface area contributed by atoms with Gasteiger partial charge in [-0.25, -0.2) is 9.18 Å². The van der Waals surface area contributed by atoms with E-state index in [4.69, 9.17) is 4.74 Å². The highest BCUT2D eigenvalue weighted by molar-refractivity contribution is 5.74. The van der Waals surface area contributed by atoms with Gasteiger partial charge in [0.05, 0.1) is 18.8 Å². The minimum Gasteiger partial charge on any atom is -0.491 e. The summed E-state index contributed by atoms with van der Waals surface area (Å²) in [6.07, 6.45) is 6.59. The second-order valence-corrected chi connectivity index (χ2v) is 6.09. The molecule has 1 aromatic carbocycles. The number of benzene rings is 1. The number of amides is 2. The van der Waals surface area contributed by atoms with Gasteiger partial charge in [-0.15, -0.1) is 0 Å². The molecule has 7 heteroatoms. The molecule has 0 bridgehead atoms. The molecule has 1 aliphatic rings. The summed E-state index contributed by atoms with van der Waals surface area (Å²) in [5.74, 6) is -0.184. The quantitative estimate of drug-likeness (QED) is 0.872. The number of H-pyrrole nitrogens is 1. The van der Waals surface area contributed by atoms with Gasteiger partial charge in [-0.05, 0) is 43.9 Å². The largest absolute Gasteiger partial charge is 0.491 e. The van der Waals surface area contributed by atoms with Gasteiger partial charge >= 0.3 is 6.03 Å². The average molecular weight is 346 g/mol. The van der Waals surface area contributed by atoms with E-state index in [2.05, 4.69) is 15.5 Å². The summed E-state index contributed by atoms with van der Waals surface area (Å²) in [5.41, 5.74) is 1.72. The fourth-order valence-electron chi connectivity index (χ4n) is 3.17. The van der Waals surface area contributed by atoms with Crippen LogP contribution in [-0.4, -0.2) is 34.3 Å². The zero-order valence-electron chi connectivity index (χ0n) is 14.3. The lowest BCUT2D eigenvalue weighted by molar-refractivity contribution is 0.151. The van der Waals surface area contributed by atoms with Crippen LogP contribution in [0.2, 0.25) is 0 Å². The van der Waals surface area contributed by atoms with Crippen LogP contribution in [0.4, 0.5) is 9.18 Å². The highest BCUT2D eigenvalue weighted by atomic mass is 19.1. The summed E-state index contributed by atoms with van der Waals surface area (Å²) in [6.45, 7) is 3.20. The van der Waals surface area contributed by atoms with Gasteiger partial charge in [0, 0.05) is 24.8 Å². The van der Waals surface area contributed by atoms with E-state index >= 15 is 0 Å². The molecule has 1 unspecified atom stereocenters. The summed E-state index contributed by atoms with van der Waals surface area (Å²) in [7, 11) is 0. The molecule has 1 fully saturated rings. The monoisotopic (exact) mass is 346 g/mol. The topological polar surface area (TPSA) is 70.2 Å². The third kappa shape index (κ3) is 4.10. The first kappa shape index (κ1) is 17.3. The number of urea groups is 1. The summed E-state index contributed by atoms with van der Waals surface area (Å²) in [4.78, 5) is 14.4. The number of piperidine rings is 1. The van der Waals surface area contributed by atoms with Gasteiger partial charge in [0.2, 0.25) is 0 Å². The first-order valence-corrected chi connectivity index (χ1v) is 8.63. The summed E-state index contributed by atoms with van der Waals surface area (Å²) >= 11 is 0. The SMILES string of the molecule is CCOc1ccc(CNC(=O)N2CCCCC2c2cn[nH]c2)cc1F. The Morgan fingerprint density at radius 1 is 1.48 bits per heavy atom. The number of likely N-dealkylation sites (tertiary alicyclic amines) is 1. The molecule has 2 aromatic rings. The van der Waals surface area contributed by atoms with Crippen LogP contribution in [0.3, 0.4) is 0 Å². The molecular formula is C18H23FN4O2. The normalized spacial score (nSPS) is 17.4. The molecule has 3 rings (SSSR count). The minimum atomic E-state index is -0.414. The summed E-state index contributed by atoms with van der Waals surface area (Å²) < 4.78 is 19.1. The lowest BCUT2D eigenvalue weighted by atomic mass is 9.98. The first-order valence-electron chi connectivity index (χ1n) is 8.63. The standard InChI is InChI=1S/C18H23FN4O2/c1-2-25-17-7-6-13(9-15(17)19)10-20-18(24)23-8-4-3-5-16(23)14-11-21-22-12-14/h6-7,9,11-12,16H,2-5,8,10H2,1H3,(H,20,24)(H,21,22). The van der Waals surface area contributed by atoms with Crippen LogP contribution >= 0.6 is 0 Å². The number of carbonyl (C=O) groups is 1. The van der Waals surface area contributed by atoms with Gasteiger partial charge in [0.15, 0.2) is 11.6 Å². The second-order valence-electron chi connectivity index (χ2n) is 6.09. The van der Waals surface area contributed by atoms with Crippen LogP contribution in [0.5, 0.6) is 5.75 Å². The molecule has 1 aromatic heterocycles. The van der Waals surface area contributed by atoms with Crippen molar-refractivity contribution in [2.24, 2.45) is 0 Å². The van der Waals surface area contributed by atoms with Gasteiger partial charge in [0.25, 0.3) is 0 Å². The van der Waals surface area contributed by atoms with Gasteiger partial charge in [0.1, 0.15) is 0 Å². The average Bonchev–Trinajstić information content (AvgIpc) is 3.16. The number of nitrogens with one attached hydrogen (secondary N) is 2. The van der Waals surface area contributed by atoms with Gasteiger partial charge < -0.3 is 15.0 Å². The van der Waals surface area contributed by atoms with E-state index in [0.717, 1.165) is 24.8 Å². The first-order chi connectivity index (χ1) is 12.2. The van der Waals surface area contributed by atoms with E-state index in [-0.39, 0.29) is 24.4 Å². The zero-order valence-corrected chi connectivity index (χ0v) is 14.3. The van der Waals surface area contributed by atoms with Crippen molar-refractivity contribution in [2.45, 2.75) is 38.8 Å². The van der Waals surface area contributed by atoms with Crippen molar-refractivity contribution in [3.05, 3.63) is 47.5 Å². The Hall–Kier alpha value is -2.57. The number of ether oxygens (including phenoxy) is 1. The molecule has 2 amide bonds. The third-order valence-corrected chi connectivity index (χ3v) is 4.41. The molecule has 1 saturated heterocycles. The van der Waals surface area contributed by atoms with Crippen molar-refractivity contribution >= 4 is 6.03 Å². The van der Waals surface area contributed by atoms with Gasteiger partial charge in [-0.3, -0.25) is 5.10 Å². The van der Waals surface area contributed by atoms with Crippen LogP contribution in [0.25, 0.3) is 0 Å². The molecule has 0 radical (unpaired) electrons. The number of hydrogen-bond acceptors (Lipinski definition) is 3. The van der Waals surface area contributed by atoms with Gasteiger partial charge in [-0.1, -0.05) is 6.07 Å². The smallest absolute Gasteiger partial charge is 0.318 e. The van der Waals surface area contributed by atoms with E-state index in [1.54, 1.807) is 18.3 Å². The summed E-state index contributed by atoms with van der Waals surface area (Å²) in [5, 5.41) is 9.67. The fourth-order valence-corrected chi connectivity index (χ4v) is 3.17. The van der Waals surface area contributed by atoms with Crippen LogP contribution in [0.1, 0.15) is 43.4 Å². The maximum absolute atomic E-state index is 13.9. The highest BCUT2D eigenvalue weighted by Crippen LogP contribution is 2.30. The lowest BCUT2D eigenvalue weighted by Gasteiger charge is -2.35. The molecule has 1 aliphatic heterocycles. The number of hydrogen-bond donors (Lipinski definition) is 2. The van der Waals surface area contributed by atoms with Gasteiger partial charge in [-0.2, -0.15) is 5.10 Å². The van der Waals surface area contributed by atoms with Crippen LogP contribution in [0.15, 0.2) is 30.6 Å². The Morgan fingerprint density at radius 2 is 2.36 bits per heavy atom. The lowest BCUT2D eigenvalue weighted by Crippen LogP contribution is -2.44. The number of carbonyl (C=O) groups excluding carboxylic acids is 1. The highest BCUT2D eigenvalue weighted by Gasteiger charge is 2.28. The molecule has 25 heavy (non-hydrogen) atoms. The van der Waals surface area contributed by atoms with E-state index in [9.17, 15) is 9.18 Å². The van der Waals surface area contributed by atoms with E-state index in [1.807, 2.05) is 18.0 Å². The predicted molar refractivity (Wildman–Crippen MR) is 91.7 cm³/mol. The predicted octanol–water partition coefficient (Wildman–Crippen LogP) is 3.38. The van der Waals surface area contributed by atoms with E-state index in [1.165, 1.54) is 6.07 Å². The zero-order chi connectivity index (χ0) is 17.6. The maximum atomic E-state index is 13.9. The number of halogens is 1. The van der Waals surface area contributed by atoms with Crippen LogP contribution < -0.4 is 10.1 Å². The van der Waals surface area contributed by atoms with Crippen molar-refractivity contribution < 1.29 is 13.9 Å². The van der Waals surface area contributed by atoms with Crippen molar-refractivity contribution in [3.63, 3.8) is 0 Å². The molecule has 134 valence electrons. The molecular weight excluding hydrogens is 323 g/mol. The molecule has 2 heterocycles. The molecule has 0 spiro atoms. The van der Waals surface area contributed by atoms with Crippen LogP contribution in [-0.2, 0) is 6.54 Å². The molecule has 1 atom stereocenters. The van der Waals surface area contributed by atoms with Crippen molar-refractivity contribution in [3.8, 4) is 5.75 Å². The molecule has 0 aliphatic carbocycles. The fraction of sp³-hybridized carbons (Fsp3) is 0.444. The maximum Gasteiger partial charge on any atom is 0.318 e. The van der Waals surface area contributed by atoms with Crippen molar-refractivity contribution in [1.82, 2.24) is 20.4 Å². The Kier molecular flexibility index (Phi) is 5.53. The minimum absolute atomic E-state index is 0.0320. The number of nitrogens with zero attached hydrogens (tertiary/aromatic N) is 2. The molecule has 6 nitrogen and oxygen atoms in total. The third-order valence-electron chi connectivity index (χ3n) is 4.41. The molecule has 2 N–H and O–H groups in total. The van der Waals surface area contributed by atoms with E-state index < -0.39 is 5.82 Å². The number of rotatable bonds is 5. The molecule has 0 saturated carbocycles. The summed E-state index contributed by atoms with van der Waals surface area (Å²) in [6, 6.07) is 4.65. The Balaban J connectivity index is 1.62. The van der Waals surface area contributed by atoms with Crippen LogP contribution in [0, 0.1) is 5.82 Å².